The highest BCUT2D eigenvalue weighted by Gasteiger charge is 2.14. The van der Waals surface area contributed by atoms with Gasteiger partial charge in [0.25, 0.3) is 0 Å². The van der Waals surface area contributed by atoms with E-state index < -0.39 is 0 Å². The van der Waals surface area contributed by atoms with Crippen molar-refractivity contribution in [2.75, 3.05) is 5.73 Å². The predicted octanol–water partition coefficient (Wildman–Crippen LogP) is 3.52. The number of nitrogens with zero attached hydrogens (tertiary/aromatic N) is 2. The lowest BCUT2D eigenvalue weighted by atomic mass is 10.1. The van der Waals surface area contributed by atoms with E-state index in [2.05, 4.69) is 46.4 Å². The van der Waals surface area contributed by atoms with Crippen LogP contribution in [0.3, 0.4) is 0 Å². The molecule has 2 N–H and O–H groups in total. The summed E-state index contributed by atoms with van der Waals surface area (Å²) >= 11 is 3.84. The van der Waals surface area contributed by atoms with Crippen molar-refractivity contribution in [3.63, 3.8) is 0 Å². The molecular formula is C11H12IN3S. The molecule has 0 aliphatic heterocycles. The Morgan fingerprint density at radius 3 is 2.69 bits per heavy atom. The number of hydrogen-bond donors (Lipinski definition) is 1. The van der Waals surface area contributed by atoms with Gasteiger partial charge in [0.1, 0.15) is 5.82 Å². The molecule has 2 rings (SSSR count). The summed E-state index contributed by atoms with van der Waals surface area (Å²) in [5, 5.41) is 2.02. The van der Waals surface area contributed by atoms with Crippen LogP contribution in [-0.2, 0) is 0 Å². The number of thiophene rings is 1. The van der Waals surface area contributed by atoms with Crippen LogP contribution in [0.15, 0.2) is 17.5 Å². The van der Waals surface area contributed by atoms with Crippen molar-refractivity contribution >= 4 is 39.7 Å². The number of halogens is 1. The van der Waals surface area contributed by atoms with E-state index >= 15 is 0 Å². The molecule has 5 heteroatoms. The fourth-order valence-corrected chi connectivity index (χ4v) is 2.90. The summed E-state index contributed by atoms with van der Waals surface area (Å²) in [6.45, 7) is 4.23. The Bertz CT molecular complexity index is 494. The van der Waals surface area contributed by atoms with E-state index in [-0.39, 0.29) is 0 Å². The van der Waals surface area contributed by atoms with Crippen molar-refractivity contribution in [1.29, 1.82) is 0 Å². The van der Waals surface area contributed by atoms with Crippen LogP contribution in [0.25, 0.3) is 10.7 Å². The molecule has 3 nitrogen and oxygen atoms in total. The molecule has 0 saturated heterocycles. The Morgan fingerprint density at radius 2 is 2.12 bits per heavy atom. The standard InChI is InChI=1S/C11H12IN3S/c1-6(2)9-8(12)10(13)15-11(14-9)7-4-3-5-16-7/h3-6H,1-2H3,(H2,13,14,15). The number of nitrogen functional groups attached to an aromatic ring is 1. The fraction of sp³-hybridized carbons (Fsp3) is 0.273. The Labute approximate surface area is 112 Å². The maximum absolute atomic E-state index is 5.91. The first kappa shape index (κ1) is 11.8. The van der Waals surface area contributed by atoms with Gasteiger partial charge in [0.2, 0.25) is 0 Å². The zero-order valence-corrected chi connectivity index (χ0v) is 12.0. The van der Waals surface area contributed by atoms with Gasteiger partial charge < -0.3 is 5.73 Å². The third kappa shape index (κ3) is 2.20. The first-order valence-corrected chi connectivity index (χ1v) is 6.92. The van der Waals surface area contributed by atoms with E-state index in [1.54, 1.807) is 11.3 Å². The third-order valence-electron chi connectivity index (χ3n) is 2.19. The molecule has 0 unspecified atom stereocenters. The van der Waals surface area contributed by atoms with Crippen LogP contribution in [0, 0.1) is 3.57 Å². The number of hydrogen-bond acceptors (Lipinski definition) is 4. The van der Waals surface area contributed by atoms with Gasteiger partial charge in [-0.2, -0.15) is 0 Å². The van der Waals surface area contributed by atoms with Gasteiger partial charge in [-0.3, -0.25) is 0 Å². The summed E-state index contributed by atoms with van der Waals surface area (Å²) in [5.41, 5.74) is 6.94. The average Bonchev–Trinajstić information content (AvgIpc) is 2.74. The van der Waals surface area contributed by atoms with Crippen molar-refractivity contribution in [1.82, 2.24) is 9.97 Å². The minimum Gasteiger partial charge on any atom is -0.383 e. The summed E-state index contributed by atoms with van der Waals surface area (Å²) in [6, 6.07) is 4.00. The molecule has 0 atom stereocenters. The Morgan fingerprint density at radius 1 is 1.38 bits per heavy atom. The predicted molar refractivity (Wildman–Crippen MR) is 76.6 cm³/mol. The van der Waals surface area contributed by atoms with Crippen molar-refractivity contribution in [3.05, 3.63) is 26.8 Å². The van der Waals surface area contributed by atoms with E-state index in [4.69, 9.17) is 5.73 Å². The lowest BCUT2D eigenvalue weighted by Crippen LogP contribution is -2.05. The summed E-state index contributed by atoms with van der Waals surface area (Å²) in [5.74, 6) is 1.66. The quantitative estimate of drug-likeness (QED) is 0.848. The van der Waals surface area contributed by atoms with Gasteiger partial charge in [-0.25, -0.2) is 9.97 Å². The molecule has 0 bridgehead atoms. The van der Waals surface area contributed by atoms with Gasteiger partial charge in [-0.05, 0) is 40.0 Å². The second kappa shape index (κ2) is 4.67. The van der Waals surface area contributed by atoms with Crippen LogP contribution in [-0.4, -0.2) is 9.97 Å². The smallest absolute Gasteiger partial charge is 0.171 e. The van der Waals surface area contributed by atoms with Gasteiger partial charge in [0.15, 0.2) is 5.82 Å². The number of aromatic nitrogens is 2. The Hall–Kier alpha value is -0.690. The highest BCUT2D eigenvalue weighted by atomic mass is 127. The average molecular weight is 345 g/mol. The van der Waals surface area contributed by atoms with Crippen LogP contribution in [0.2, 0.25) is 0 Å². The van der Waals surface area contributed by atoms with Crippen LogP contribution in [0.5, 0.6) is 0 Å². The van der Waals surface area contributed by atoms with Crippen LogP contribution < -0.4 is 5.73 Å². The summed E-state index contributed by atoms with van der Waals surface area (Å²) in [4.78, 5) is 9.97. The second-order valence-corrected chi connectivity index (χ2v) is 5.79. The molecule has 0 fully saturated rings. The van der Waals surface area contributed by atoms with Crippen molar-refractivity contribution in [3.8, 4) is 10.7 Å². The molecule has 16 heavy (non-hydrogen) atoms. The van der Waals surface area contributed by atoms with E-state index in [0.29, 0.717) is 11.7 Å². The summed E-state index contributed by atoms with van der Waals surface area (Å²) in [6.07, 6.45) is 0. The second-order valence-electron chi connectivity index (χ2n) is 3.76. The first-order valence-electron chi connectivity index (χ1n) is 4.96. The fourth-order valence-electron chi connectivity index (χ4n) is 1.38. The highest BCUT2D eigenvalue weighted by molar-refractivity contribution is 14.1. The minimum atomic E-state index is 0.357. The molecular weight excluding hydrogens is 333 g/mol. The molecule has 0 aromatic carbocycles. The largest absolute Gasteiger partial charge is 0.383 e. The zero-order chi connectivity index (χ0) is 11.7. The van der Waals surface area contributed by atoms with Gasteiger partial charge >= 0.3 is 0 Å². The molecule has 0 saturated carbocycles. The molecule has 0 aliphatic rings. The summed E-state index contributed by atoms with van der Waals surface area (Å²) in [7, 11) is 0. The van der Waals surface area contributed by atoms with Crippen molar-refractivity contribution < 1.29 is 0 Å². The maximum Gasteiger partial charge on any atom is 0.171 e. The number of nitrogens with two attached hydrogens (primary N) is 1. The third-order valence-corrected chi connectivity index (χ3v) is 4.16. The molecule has 2 heterocycles. The maximum atomic E-state index is 5.91. The Balaban J connectivity index is 2.57. The molecule has 0 radical (unpaired) electrons. The molecule has 0 amide bonds. The van der Waals surface area contributed by atoms with E-state index in [0.717, 1.165) is 20.0 Å². The lowest BCUT2D eigenvalue weighted by molar-refractivity contribution is 0.810. The topological polar surface area (TPSA) is 51.8 Å². The molecule has 2 aromatic rings. The van der Waals surface area contributed by atoms with E-state index in [9.17, 15) is 0 Å². The zero-order valence-electron chi connectivity index (χ0n) is 9.07. The monoisotopic (exact) mass is 345 g/mol. The van der Waals surface area contributed by atoms with E-state index in [1.807, 2.05) is 17.5 Å². The van der Waals surface area contributed by atoms with Crippen molar-refractivity contribution in [2.45, 2.75) is 19.8 Å². The van der Waals surface area contributed by atoms with Gasteiger partial charge in [0.05, 0.1) is 14.1 Å². The van der Waals surface area contributed by atoms with Gasteiger partial charge in [-0.1, -0.05) is 19.9 Å². The molecule has 0 spiro atoms. The van der Waals surface area contributed by atoms with Crippen LogP contribution in [0.4, 0.5) is 5.82 Å². The van der Waals surface area contributed by atoms with E-state index in [1.165, 1.54) is 0 Å². The highest BCUT2D eigenvalue weighted by Crippen LogP contribution is 2.28. The lowest BCUT2D eigenvalue weighted by Gasteiger charge is -2.10. The van der Waals surface area contributed by atoms with Gasteiger partial charge in [-0.15, -0.1) is 11.3 Å². The van der Waals surface area contributed by atoms with Crippen LogP contribution >= 0.6 is 33.9 Å². The first-order chi connectivity index (χ1) is 7.59. The Kier molecular flexibility index (Phi) is 3.44. The summed E-state index contributed by atoms with van der Waals surface area (Å²) < 4.78 is 0.966. The minimum absolute atomic E-state index is 0.357. The SMILES string of the molecule is CC(C)c1nc(-c2cccs2)nc(N)c1I. The van der Waals surface area contributed by atoms with Gasteiger partial charge in [0, 0.05) is 0 Å². The molecule has 2 aromatic heterocycles. The number of anilines is 1. The number of rotatable bonds is 2. The van der Waals surface area contributed by atoms with Crippen LogP contribution in [0.1, 0.15) is 25.5 Å². The van der Waals surface area contributed by atoms with Crippen molar-refractivity contribution in [2.24, 2.45) is 0 Å². The normalized spacial score (nSPS) is 11.0. The molecule has 0 aliphatic carbocycles. The molecule has 84 valence electrons.